The zero-order chi connectivity index (χ0) is 72.5. The molecule has 580 valence electrons. The molecule has 0 saturated carbocycles. The van der Waals surface area contributed by atoms with E-state index in [9.17, 15) is 61.0 Å². The molecule has 19 heteroatoms. The first-order valence-corrected chi connectivity index (χ1v) is 39.8. The summed E-state index contributed by atoms with van der Waals surface area (Å²) < 4.78 is 34.4. The number of nitrogens with one attached hydrogen (secondary N) is 1. The molecule has 3 rings (SSSR count). The zero-order valence-corrected chi connectivity index (χ0v) is 61.9. The van der Waals surface area contributed by atoms with Crippen molar-refractivity contribution in [2.45, 2.75) is 394 Å². The third kappa shape index (κ3) is 41.0. The number of amides is 1. The summed E-state index contributed by atoms with van der Waals surface area (Å²) in [4.78, 5) is 13.4. The highest BCUT2D eigenvalue weighted by atomic mass is 16.8. The Morgan fingerprint density at radius 3 is 1.08 bits per heavy atom. The van der Waals surface area contributed by atoms with Gasteiger partial charge in [0.05, 0.1) is 38.6 Å². The highest BCUT2D eigenvalue weighted by Crippen LogP contribution is 2.33. The van der Waals surface area contributed by atoms with E-state index in [0.29, 0.717) is 6.42 Å². The van der Waals surface area contributed by atoms with Crippen LogP contribution in [-0.2, 0) is 33.2 Å². The van der Waals surface area contributed by atoms with E-state index in [1.54, 1.807) is 6.08 Å². The van der Waals surface area contributed by atoms with E-state index in [1.807, 2.05) is 6.08 Å². The van der Waals surface area contributed by atoms with E-state index >= 15 is 0 Å². The lowest BCUT2D eigenvalue weighted by Crippen LogP contribution is -2.66. The van der Waals surface area contributed by atoms with E-state index in [2.05, 4.69) is 92.1 Å². The fourth-order valence-corrected chi connectivity index (χ4v) is 13.1. The van der Waals surface area contributed by atoms with Crippen LogP contribution in [0.25, 0.3) is 0 Å². The molecule has 3 heterocycles. The number of aliphatic hydroxyl groups is 11. The predicted molar refractivity (Wildman–Crippen MR) is 397 cm³/mol. The molecule has 0 radical (unpaired) electrons. The number of hydrogen-bond acceptors (Lipinski definition) is 18. The zero-order valence-electron chi connectivity index (χ0n) is 61.9. The molecule has 0 aromatic rings. The van der Waals surface area contributed by atoms with Gasteiger partial charge < -0.3 is 89.9 Å². The number of unbranched alkanes of at least 4 members (excludes halogenated alkanes) is 34. The van der Waals surface area contributed by atoms with Gasteiger partial charge in [0, 0.05) is 6.42 Å². The van der Waals surface area contributed by atoms with Crippen LogP contribution in [-0.4, -0.2) is 193 Å². The minimum absolute atomic E-state index is 0.244. The SMILES string of the molecule is CC/C=C\C/C=C\C/C=C\C/C=C\C/C=C\C/C=C\CCCCCCCCCCCCCCCCCCCCCCCCC(=O)NC(COC1OC(CO)C(OC2OC(CO)C(OC3OC(CO)C(O)C(O)C3O)C(O)C2O)C(O)C1O)C(O)/C=C/CCCCCCCCCCCCCC. The van der Waals surface area contributed by atoms with Crippen molar-refractivity contribution >= 4 is 5.91 Å². The Labute approximate surface area is 603 Å². The molecule has 3 saturated heterocycles. The van der Waals surface area contributed by atoms with Crippen LogP contribution >= 0.6 is 0 Å². The van der Waals surface area contributed by atoms with Gasteiger partial charge in [-0.25, -0.2) is 0 Å². The van der Waals surface area contributed by atoms with Crippen molar-refractivity contribution in [2.24, 2.45) is 0 Å². The highest BCUT2D eigenvalue weighted by Gasteiger charge is 2.54. The van der Waals surface area contributed by atoms with Gasteiger partial charge in [-0.15, -0.1) is 0 Å². The average Bonchev–Trinajstić information content (AvgIpc) is 0.783. The minimum Gasteiger partial charge on any atom is -0.394 e. The number of aliphatic hydroxyl groups excluding tert-OH is 11. The molecule has 0 aromatic heterocycles. The van der Waals surface area contributed by atoms with Crippen LogP contribution in [0.2, 0.25) is 0 Å². The number of carbonyl (C=O) groups is 1. The number of ether oxygens (including phenoxy) is 6. The minimum atomic E-state index is -1.98. The number of hydrogen-bond donors (Lipinski definition) is 12. The molecule has 12 N–H and O–H groups in total. The van der Waals surface area contributed by atoms with Crippen LogP contribution in [0.4, 0.5) is 0 Å². The smallest absolute Gasteiger partial charge is 0.220 e. The highest BCUT2D eigenvalue weighted by molar-refractivity contribution is 5.76. The summed E-state index contributed by atoms with van der Waals surface area (Å²) in [5.74, 6) is -0.273. The van der Waals surface area contributed by atoms with Crippen molar-refractivity contribution in [1.82, 2.24) is 5.32 Å². The molecular formula is C81H143NO18. The molecule has 0 aliphatic carbocycles. The lowest BCUT2D eigenvalue weighted by Gasteiger charge is -2.48. The Morgan fingerprint density at radius 1 is 0.370 bits per heavy atom. The molecule has 3 aliphatic rings. The van der Waals surface area contributed by atoms with Crippen LogP contribution in [0.5, 0.6) is 0 Å². The van der Waals surface area contributed by atoms with Gasteiger partial charge in [-0.1, -0.05) is 298 Å². The van der Waals surface area contributed by atoms with Crippen molar-refractivity contribution < 1.29 is 89.4 Å². The van der Waals surface area contributed by atoms with Crippen LogP contribution < -0.4 is 5.32 Å². The Morgan fingerprint density at radius 2 is 0.690 bits per heavy atom. The first-order valence-electron chi connectivity index (χ1n) is 39.8. The molecule has 3 aliphatic heterocycles. The number of rotatable bonds is 62. The number of allylic oxidation sites excluding steroid dienone is 13. The van der Waals surface area contributed by atoms with E-state index in [0.717, 1.165) is 83.5 Å². The number of carbonyl (C=O) groups excluding carboxylic acids is 1. The van der Waals surface area contributed by atoms with Gasteiger partial charge >= 0.3 is 0 Å². The van der Waals surface area contributed by atoms with Crippen molar-refractivity contribution in [3.63, 3.8) is 0 Å². The van der Waals surface area contributed by atoms with E-state index in [-0.39, 0.29) is 18.9 Å². The van der Waals surface area contributed by atoms with Crippen LogP contribution in [0.1, 0.15) is 290 Å². The van der Waals surface area contributed by atoms with E-state index in [1.165, 1.54) is 180 Å². The normalized spacial score (nSPS) is 26.9. The van der Waals surface area contributed by atoms with Gasteiger partial charge in [0.15, 0.2) is 18.9 Å². The summed E-state index contributed by atoms with van der Waals surface area (Å²) >= 11 is 0. The lowest BCUT2D eigenvalue weighted by atomic mass is 9.96. The first-order chi connectivity index (χ1) is 48.8. The Bertz CT molecular complexity index is 2140. The van der Waals surface area contributed by atoms with Gasteiger partial charge in [0.1, 0.15) is 73.2 Å². The van der Waals surface area contributed by atoms with Crippen molar-refractivity contribution in [1.29, 1.82) is 0 Å². The summed E-state index contributed by atoms with van der Waals surface area (Å²) in [6, 6.07) is -0.974. The first kappa shape index (κ1) is 91.2. The van der Waals surface area contributed by atoms with Gasteiger partial charge in [-0.05, 0) is 70.6 Å². The van der Waals surface area contributed by atoms with Gasteiger partial charge in [0.25, 0.3) is 0 Å². The van der Waals surface area contributed by atoms with Crippen LogP contribution in [0.15, 0.2) is 85.1 Å². The summed E-state index contributed by atoms with van der Waals surface area (Å²) in [7, 11) is 0. The maximum Gasteiger partial charge on any atom is 0.220 e. The average molecular weight is 1420 g/mol. The molecular weight excluding hydrogens is 1270 g/mol. The van der Waals surface area contributed by atoms with Crippen molar-refractivity contribution in [3.05, 3.63) is 85.1 Å². The Balaban J connectivity index is 1.28. The second-order valence-corrected chi connectivity index (χ2v) is 28.1. The summed E-state index contributed by atoms with van der Waals surface area (Å²) in [6.07, 6.45) is 54.5. The standard InChI is InChI=1S/C81H143NO18/c1-3-5-7-9-11-13-15-17-19-20-21-22-23-24-25-26-27-28-29-30-31-32-33-34-35-36-37-38-39-40-41-42-43-44-45-47-49-51-53-55-57-59-69(87)82-64(65(86)58-56-54-52-50-48-46-18-16-14-12-10-8-6-4-2)63-95-79-75(93)72(90)77(67(61-84)97-79)100-81-76(94)73(91)78(68(62-85)98-81)99-80-74(92)71(89)70(88)66(60-83)96-80/h5,7,11,13,17,19,21-22,24-25,27-28,56,58,64-68,70-81,83-86,88-94H,3-4,6,8-10,12,14-16,18,20,23,26,29-55,57,59-63H2,1-2H3,(H,82,87)/b7-5-,13-11-,19-17-,22-21-,25-24-,28-27-,58-56+. The second-order valence-electron chi connectivity index (χ2n) is 28.1. The lowest BCUT2D eigenvalue weighted by molar-refractivity contribution is -0.379. The van der Waals surface area contributed by atoms with E-state index in [4.69, 9.17) is 28.4 Å². The molecule has 19 nitrogen and oxygen atoms in total. The van der Waals surface area contributed by atoms with Gasteiger partial charge in [-0.2, -0.15) is 0 Å². The summed E-state index contributed by atoms with van der Waals surface area (Å²) in [5.41, 5.74) is 0. The van der Waals surface area contributed by atoms with Gasteiger partial charge in [0.2, 0.25) is 5.91 Å². The van der Waals surface area contributed by atoms with Crippen LogP contribution in [0.3, 0.4) is 0 Å². The molecule has 100 heavy (non-hydrogen) atoms. The Hall–Kier alpha value is -3.03. The molecule has 17 atom stereocenters. The molecule has 0 aromatic carbocycles. The fraction of sp³-hybridized carbons (Fsp3) is 0.815. The quantitative estimate of drug-likeness (QED) is 0.0199. The fourth-order valence-electron chi connectivity index (χ4n) is 13.1. The summed E-state index contributed by atoms with van der Waals surface area (Å²) in [5, 5.41) is 121. The predicted octanol–water partition coefficient (Wildman–Crippen LogP) is 13.0. The second kappa shape index (κ2) is 61.2. The molecule has 0 spiro atoms. The van der Waals surface area contributed by atoms with E-state index < -0.39 is 124 Å². The molecule has 0 bridgehead atoms. The van der Waals surface area contributed by atoms with Crippen molar-refractivity contribution in [3.8, 4) is 0 Å². The maximum absolute atomic E-state index is 13.4. The molecule has 3 fully saturated rings. The topological polar surface area (TPSA) is 307 Å². The molecule has 17 unspecified atom stereocenters. The monoisotopic (exact) mass is 1420 g/mol. The third-order valence-electron chi connectivity index (χ3n) is 19.4. The third-order valence-corrected chi connectivity index (χ3v) is 19.4. The summed E-state index contributed by atoms with van der Waals surface area (Å²) in [6.45, 7) is 1.63. The van der Waals surface area contributed by atoms with Crippen molar-refractivity contribution in [2.75, 3.05) is 26.4 Å². The Kier molecular flexibility index (Phi) is 55.8. The molecule has 1 amide bonds. The maximum atomic E-state index is 13.4. The largest absolute Gasteiger partial charge is 0.394 e. The van der Waals surface area contributed by atoms with Gasteiger partial charge in [-0.3, -0.25) is 4.79 Å². The van der Waals surface area contributed by atoms with Crippen LogP contribution in [0, 0.1) is 0 Å².